The second-order valence-electron chi connectivity index (χ2n) is 3.94. The summed E-state index contributed by atoms with van der Waals surface area (Å²) in [6.45, 7) is 4.69. The van der Waals surface area contributed by atoms with Crippen LogP contribution in [0.25, 0.3) is 0 Å². The van der Waals surface area contributed by atoms with Crippen molar-refractivity contribution in [2.45, 2.75) is 45.3 Å². The molecule has 0 aromatic carbocycles. The van der Waals surface area contributed by atoms with E-state index in [4.69, 9.17) is 4.74 Å². The average molecular weight is 201 g/mol. The van der Waals surface area contributed by atoms with Gasteiger partial charge in [0, 0.05) is 24.2 Å². The Kier molecular flexibility index (Phi) is 2.78. The van der Waals surface area contributed by atoms with Crippen LogP contribution >= 0.6 is 0 Å². The molecule has 1 rings (SSSR count). The summed E-state index contributed by atoms with van der Waals surface area (Å²) < 4.78 is 4.91. The van der Waals surface area contributed by atoms with Crippen molar-refractivity contribution in [1.82, 2.24) is 0 Å². The molecule has 0 radical (unpaired) electrons. The molecule has 0 N–H and O–H groups in total. The van der Waals surface area contributed by atoms with Crippen molar-refractivity contribution in [2.24, 2.45) is 5.92 Å². The van der Waals surface area contributed by atoms with E-state index in [0.29, 0.717) is 6.42 Å². The number of carbonyl (C=O) groups is 1. The predicted molar refractivity (Wildman–Crippen MR) is 49.4 cm³/mol. The third kappa shape index (κ3) is 1.47. The van der Waals surface area contributed by atoms with Gasteiger partial charge in [0.15, 0.2) is 6.10 Å². The highest BCUT2D eigenvalue weighted by Gasteiger charge is 2.60. The smallest absolute Gasteiger partial charge is 0.303 e. The summed E-state index contributed by atoms with van der Waals surface area (Å²) in [5.74, 6) is -0.482. The van der Waals surface area contributed by atoms with Gasteiger partial charge in [-0.05, 0) is 13.3 Å². The van der Waals surface area contributed by atoms with E-state index in [2.05, 4.69) is 0 Å². The van der Waals surface area contributed by atoms with Crippen LogP contribution < -0.4 is 0 Å². The Morgan fingerprint density at radius 3 is 2.50 bits per heavy atom. The molecule has 0 aromatic heterocycles. The van der Waals surface area contributed by atoms with Crippen LogP contribution in [0.4, 0.5) is 0 Å². The van der Waals surface area contributed by atoms with Crippen molar-refractivity contribution in [1.29, 1.82) is 0 Å². The van der Waals surface area contributed by atoms with Crippen molar-refractivity contribution in [3.8, 4) is 0 Å². The van der Waals surface area contributed by atoms with E-state index in [9.17, 15) is 14.9 Å². The standard InChI is InChI=1S/C9H15NO4/c1-6-4-5-9(6,10(12)13)7(2)14-8(3)11/h6-7H,4-5H2,1-3H3. The maximum atomic E-state index is 11.0. The number of hydrogen-bond acceptors (Lipinski definition) is 4. The predicted octanol–water partition coefficient (Wildman–Crippen LogP) is 1.38. The first kappa shape index (κ1) is 10.9. The van der Waals surface area contributed by atoms with E-state index in [0.717, 1.165) is 6.42 Å². The van der Waals surface area contributed by atoms with Crippen LogP contribution in [0, 0.1) is 16.0 Å². The van der Waals surface area contributed by atoms with Crippen molar-refractivity contribution >= 4 is 5.97 Å². The van der Waals surface area contributed by atoms with E-state index in [1.165, 1.54) is 6.92 Å². The molecule has 1 saturated carbocycles. The first-order chi connectivity index (χ1) is 6.41. The maximum Gasteiger partial charge on any atom is 0.303 e. The molecular weight excluding hydrogens is 186 g/mol. The molecule has 5 nitrogen and oxygen atoms in total. The molecule has 0 aliphatic heterocycles. The zero-order chi connectivity index (χ0) is 10.9. The Morgan fingerprint density at radius 2 is 2.29 bits per heavy atom. The van der Waals surface area contributed by atoms with E-state index >= 15 is 0 Å². The molecule has 5 heteroatoms. The van der Waals surface area contributed by atoms with Crippen molar-refractivity contribution < 1.29 is 14.5 Å². The highest BCUT2D eigenvalue weighted by atomic mass is 16.6. The third-order valence-electron chi connectivity index (χ3n) is 3.22. The lowest BCUT2D eigenvalue weighted by Crippen LogP contribution is -2.60. The van der Waals surface area contributed by atoms with Gasteiger partial charge in [-0.2, -0.15) is 0 Å². The van der Waals surface area contributed by atoms with Crippen LogP contribution in [0.3, 0.4) is 0 Å². The van der Waals surface area contributed by atoms with Gasteiger partial charge in [0.1, 0.15) is 0 Å². The molecule has 0 heterocycles. The van der Waals surface area contributed by atoms with E-state index in [-0.39, 0.29) is 10.8 Å². The molecule has 80 valence electrons. The van der Waals surface area contributed by atoms with Crippen LogP contribution in [-0.4, -0.2) is 22.5 Å². The number of carbonyl (C=O) groups excluding carboxylic acids is 1. The number of nitrogens with zero attached hydrogens (tertiary/aromatic N) is 1. The lowest BCUT2D eigenvalue weighted by atomic mass is 9.65. The van der Waals surface area contributed by atoms with Crippen LogP contribution in [-0.2, 0) is 9.53 Å². The molecule has 0 bridgehead atoms. The van der Waals surface area contributed by atoms with Gasteiger partial charge >= 0.3 is 5.97 Å². The van der Waals surface area contributed by atoms with Crippen molar-refractivity contribution in [3.05, 3.63) is 10.1 Å². The Hall–Kier alpha value is -1.13. The lowest BCUT2D eigenvalue weighted by molar-refractivity contribution is -0.609. The number of esters is 1. The molecule has 14 heavy (non-hydrogen) atoms. The number of hydrogen-bond donors (Lipinski definition) is 0. The van der Waals surface area contributed by atoms with Gasteiger partial charge < -0.3 is 4.74 Å². The SMILES string of the molecule is CC(=O)OC(C)C1([N+](=O)[O-])CCC1C. The molecule has 0 aromatic rings. The van der Waals surface area contributed by atoms with Crippen LogP contribution in [0.1, 0.15) is 33.6 Å². The summed E-state index contributed by atoms with van der Waals surface area (Å²) in [6, 6.07) is 0. The zero-order valence-electron chi connectivity index (χ0n) is 8.65. The largest absolute Gasteiger partial charge is 0.455 e. The molecular formula is C9H15NO4. The van der Waals surface area contributed by atoms with Gasteiger partial charge in [-0.3, -0.25) is 14.9 Å². The number of rotatable bonds is 3. The summed E-state index contributed by atoms with van der Waals surface area (Å²) in [5.41, 5.74) is -1.05. The van der Waals surface area contributed by atoms with Gasteiger partial charge in [-0.25, -0.2) is 0 Å². The summed E-state index contributed by atoms with van der Waals surface area (Å²) in [4.78, 5) is 21.4. The molecule has 1 aliphatic rings. The van der Waals surface area contributed by atoms with Gasteiger partial charge in [0.25, 0.3) is 5.54 Å². The summed E-state index contributed by atoms with van der Waals surface area (Å²) in [6.07, 6.45) is 0.682. The molecule has 0 spiro atoms. The summed E-state index contributed by atoms with van der Waals surface area (Å²) >= 11 is 0. The maximum absolute atomic E-state index is 11.0. The van der Waals surface area contributed by atoms with E-state index in [1.54, 1.807) is 6.92 Å². The Labute approximate surface area is 82.6 Å². The first-order valence-electron chi connectivity index (χ1n) is 4.73. The minimum absolute atomic E-state index is 0.0214. The van der Waals surface area contributed by atoms with Gasteiger partial charge in [-0.1, -0.05) is 6.92 Å². The second kappa shape index (κ2) is 3.55. The Balaban J connectivity index is 2.78. The monoisotopic (exact) mass is 201 g/mol. The van der Waals surface area contributed by atoms with E-state index < -0.39 is 17.6 Å². The highest BCUT2D eigenvalue weighted by molar-refractivity contribution is 5.66. The summed E-state index contributed by atoms with van der Waals surface area (Å²) in [7, 11) is 0. The zero-order valence-corrected chi connectivity index (χ0v) is 8.65. The van der Waals surface area contributed by atoms with Gasteiger partial charge in [0.2, 0.25) is 0 Å². The molecule has 0 saturated heterocycles. The van der Waals surface area contributed by atoms with Gasteiger partial charge in [-0.15, -0.1) is 0 Å². The minimum atomic E-state index is -1.05. The lowest BCUT2D eigenvalue weighted by Gasteiger charge is -2.42. The van der Waals surface area contributed by atoms with Crippen LogP contribution in [0.2, 0.25) is 0 Å². The van der Waals surface area contributed by atoms with Crippen molar-refractivity contribution in [2.75, 3.05) is 0 Å². The summed E-state index contributed by atoms with van der Waals surface area (Å²) in [5, 5.41) is 11.0. The fourth-order valence-electron chi connectivity index (χ4n) is 2.10. The van der Waals surface area contributed by atoms with Crippen molar-refractivity contribution in [3.63, 3.8) is 0 Å². The molecule has 3 atom stereocenters. The van der Waals surface area contributed by atoms with Crippen LogP contribution in [0.15, 0.2) is 0 Å². The third-order valence-corrected chi connectivity index (χ3v) is 3.22. The minimum Gasteiger partial charge on any atom is -0.455 e. The van der Waals surface area contributed by atoms with Gasteiger partial charge in [0.05, 0.1) is 0 Å². The molecule has 1 fully saturated rings. The van der Waals surface area contributed by atoms with Crippen LogP contribution in [0.5, 0.6) is 0 Å². The topological polar surface area (TPSA) is 69.4 Å². The second-order valence-corrected chi connectivity index (χ2v) is 3.94. The number of ether oxygens (including phenoxy) is 1. The average Bonchev–Trinajstić information content (AvgIpc) is 2.00. The van der Waals surface area contributed by atoms with E-state index in [1.807, 2.05) is 6.92 Å². The molecule has 1 aliphatic carbocycles. The molecule has 0 amide bonds. The highest BCUT2D eigenvalue weighted by Crippen LogP contribution is 2.44. The Bertz CT molecular complexity index is 266. The number of nitro groups is 1. The Morgan fingerprint density at radius 1 is 1.71 bits per heavy atom. The fourth-order valence-corrected chi connectivity index (χ4v) is 2.10. The normalized spacial score (nSPS) is 32.9. The fraction of sp³-hybridized carbons (Fsp3) is 0.889. The quantitative estimate of drug-likeness (QED) is 0.393. The molecule has 3 unspecified atom stereocenters. The first-order valence-corrected chi connectivity index (χ1v) is 4.73.